The summed E-state index contributed by atoms with van der Waals surface area (Å²) in [7, 11) is 0. The molecule has 0 aliphatic heterocycles. The molecule has 108 valence electrons. The molecule has 0 aliphatic rings. The van der Waals surface area contributed by atoms with E-state index >= 15 is 0 Å². The van der Waals surface area contributed by atoms with E-state index in [1.165, 1.54) is 0 Å². The van der Waals surface area contributed by atoms with Crippen molar-refractivity contribution in [3.8, 4) is 0 Å². The lowest BCUT2D eigenvalue weighted by atomic mass is 9.87. The SMILES string of the molecule is C=CCC(CC=C)(NC(=O)C(C)(C)C)C(=O)OCC. The second kappa shape index (κ2) is 7.12. The molecule has 4 nitrogen and oxygen atoms in total. The van der Waals surface area contributed by atoms with E-state index in [0.29, 0.717) is 12.8 Å². The Kier molecular flexibility index (Phi) is 6.53. The normalized spacial score (nSPS) is 11.6. The third kappa shape index (κ3) is 4.89. The largest absolute Gasteiger partial charge is 0.464 e. The van der Waals surface area contributed by atoms with Gasteiger partial charge in [-0.25, -0.2) is 4.79 Å². The van der Waals surface area contributed by atoms with Crippen LogP contribution in [0.15, 0.2) is 25.3 Å². The monoisotopic (exact) mass is 267 g/mol. The fourth-order valence-corrected chi connectivity index (χ4v) is 1.57. The van der Waals surface area contributed by atoms with Gasteiger partial charge in [0.05, 0.1) is 6.61 Å². The zero-order chi connectivity index (χ0) is 15.1. The Bertz CT molecular complexity index is 343. The van der Waals surface area contributed by atoms with Gasteiger partial charge in [-0.15, -0.1) is 13.2 Å². The van der Waals surface area contributed by atoms with Crippen molar-refractivity contribution in [3.63, 3.8) is 0 Å². The maximum Gasteiger partial charge on any atom is 0.332 e. The summed E-state index contributed by atoms with van der Waals surface area (Å²) in [5.41, 5.74) is -1.69. The molecule has 1 amide bonds. The van der Waals surface area contributed by atoms with Gasteiger partial charge in [0, 0.05) is 5.41 Å². The van der Waals surface area contributed by atoms with Crippen LogP contribution >= 0.6 is 0 Å². The van der Waals surface area contributed by atoms with Crippen LogP contribution in [0, 0.1) is 5.41 Å². The Morgan fingerprint density at radius 1 is 1.16 bits per heavy atom. The van der Waals surface area contributed by atoms with Crippen molar-refractivity contribution in [2.45, 2.75) is 46.1 Å². The molecule has 0 fully saturated rings. The number of carbonyl (C=O) groups excluding carboxylic acids is 2. The number of amides is 1. The van der Waals surface area contributed by atoms with Gasteiger partial charge in [0.15, 0.2) is 0 Å². The molecule has 0 aliphatic carbocycles. The fourth-order valence-electron chi connectivity index (χ4n) is 1.57. The van der Waals surface area contributed by atoms with Gasteiger partial charge in [0.25, 0.3) is 0 Å². The van der Waals surface area contributed by atoms with E-state index in [9.17, 15) is 9.59 Å². The third-order valence-corrected chi connectivity index (χ3v) is 2.69. The summed E-state index contributed by atoms with van der Waals surface area (Å²) in [6.07, 6.45) is 3.81. The lowest BCUT2D eigenvalue weighted by Crippen LogP contribution is -2.57. The first-order valence-corrected chi connectivity index (χ1v) is 6.45. The first kappa shape index (κ1) is 17.4. The van der Waals surface area contributed by atoms with E-state index in [4.69, 9.17) is 4.74 Å². The summed E-state index contributed by atoms with van der Waals surface area (Å²) >= 11 is 0. The quantitative estimate of drug-likeness (QED) is 0.570. The van der Waals surface area contributed by atoms with E-state index in [1.807, 2.05) is 0 Å². The molecule has 0 spiro atoms. The lowest BCUT2D eigenvalue weighted by molar-refractivity contribution is -0.154. The van der Waals surface area contributed by atoms with Gasteiger partial charge in [0.2, 0.25) is 5.91 Å². The predicted octanol–water partition coefficient (Wildman–Crippen LogP) is 2.60. The van der Waals surface area contributed by atoms with Gasteiger partial charge in [-0.2, -0.15) is 0 Å². The molecule has 0 aromatic carbocycles. The van der Waals surface area contributed by atoms with Gasteiger partial charge in [-0.1, -0.05) is 32.9 Å². The highest BCUT2D eigenvalue weighted by Crippen LogP contribution is 2.23. The van der Waals surface area contributed by atoms with Crippen LogP contribution in [0.5, 0.6) is 0 Å². The smallest absolute Gasteiger partial charge is 0.332 e. The highest BCUT2D eigenvalue weighted by Gasteiger charge is 2.41. The Balaban J connectivity index is 5.33. The first-order valence-electron chi connectivity index (χ1n) is 6.45. The van der Waals surface area contributed by atoms with Crippen LogP contribution in [0.3, 0.4) is 0 Å². The lowest BCUT2D eigenvalue weighted by Gasteiger charge is -2.33. The van der Waals surface area contributed by atoms with Crippen LogP contribution in [0.25, 0.3) is 0 Å². The van der Waals surface area contributed by atoms with Crippen LogP contribution in [-0.4, -0.2) is 24.0 Å². The highest BCUT2D eigenvalue weighted by atomic mass is 16.5. The Morgan fingerprint density at radius 3 is 1.95 bits per heavy atom. The highest BCUT2D eigenvalue weighted by molar-refractivity contribution is 5.90. The van der Waals surface area contributed by atoms with E-state index in [1.54, 1.807) is 39.8 Å². The molecule has 0 saturated heterocycles. The van der Waals surface area contributed by atoms with E-state index in [0.717, 1.165) is 0 Å². The van der Waals surface area contributed by atoms with Crippen molar-refractivity contribution in [1.82, 2.24) is 5.32 Å². The summed E-state index contributed by atoms with van der Waals surface area (Å²) in [5, 5.41) is 2.80. The van der Waals surface area contributed by atoms with E-state index in [-0.39, 0.29) is 12.5 Å². The summed E-state index contributed by atoms with van der Waals surface area (Å²) < 4.78 is 5.08. The molecule has 0 aromatic heterocycles. The van der Waals surface area contributed by atoms with Crippen LogP contribution in [0.4, 0.5) is 0 Å². The zero-order valence-corrected chi connectivity index (χ0v) is 12.4. The zero-order valence-electron chi connectivity index (χ0n) is 12.4. The minimum absolute atomic E-state index is 0.204. The predicted molar refractivity (Wildman–Crippen MR) is 76.6 cm³/mol. The van der Waals surface area contributed by atoms with Gasteiger partial charge in [0.1, 0.15) is 5.54 Å². The molecule has 0 saturated carbocycles. The van der Waals surface area contributed by atoms with Gasteiger partial charge in [-0.05, 0) is 19.8 Å². The van der Waals surface area contributed by atoms with Crippen LogP contribution in [0.1, 0.15) is 40.5 Å². The van der Waals surface area contributed by atoms with Crippen molar-refractivity contribution in [2.75, 3.05) is 6.61 Å². The number of hydrogen-bond acceptors (Lipinski definition) is 3. The Hall–Kier alpha value is -1.58. The van der Waals surface area contributed by atoms with Crippen molar-refractivity contribution in [2.24, 2.45) is 5.41 Å². The van der Waals surface area contributed by atoms with Gasteiger partial charge < -0.3 is 10.1 Å². The summed E-state index contributed by atoms with van der Waals surface area (Å²) in [4.78, 5) is 24.3. The molecule has 0 unspecified atom stereocenters. The first-order chi connectivity index (χ1) is 8.73. The minimum atomic E-state index is -1.11. The number of rotatable bonds is 7. The number of hydrogen-bond donors (Lipinski definition) is 1. The van der Waals surface area contributed by atoms with E-state index in [2.05, 4.69) is 18.5 Å². The Labute approximate surface area is 115 Å². The maximum atomic E-state index is 12.2. The topological polar surface area (TPSA) is 55.4 Å². The van der Waals surface area contributed by atoms with Crippen molar-refractivity contribution in [3.05, 3.63) is 25.3 Å². The van der Waals surface area contributed by atoms with Crippen molar-refractivity contribution < 1.29 is 14.3 Å². The number of ether oxygens (including phenoxy) is 1. The van der Waals surface area contributed by atoms with Crippen LogP contribution in [-0.2, 0) is 14.3 Å². The molecule has 0 bridgehead atoms. The average molecular weight is 267 g/mol. The van der Waals surface area contributed by atoms with Gasteiger partial charge in [-0.3, -0.25) is 4.79 Å². The number of nitrogens with one attached hydrogen (secondary N) is 1. The molecule has 4 heteroatoms. The summed E-state index contributed by atoms with van der Waals surface area (Å²) in [6.45, 7) is 14.7. The third-order valence-electron chi connectivity index (χ3n) is 2.69. The second-order valence-corrected chi connectivity index (χ2v) is 5.49. The van der Waals surface area contributed by atoms with E-state index < -0.39 is 16.9 Å². The second-order valence-electron chi connectivity index (χ2n) is 5.49. The molecule has 0 radical (unpaired) electrons. The van der Waals surface area contributed by atoms with Gasteiger partial charge >= 0.3 is 5.97 Å². The maximum absolute atomic E-state index is 12.2. The summed E-state index contributed by atoms with van der Waals surface area (Å²) in [6, 6.07) is 0. The molecule has 0 atom stereocenters. The summed E-state index contributed by atoms with van der Waals surface area (Å²) in [5.74, 6) is -0.656. The Morgan fingerprint density at radius 2 is 1.63 bits per heavy atom. The molecular weight excluding hydrogens is 242 g/mol. The molecule has 1 N–H and O–H groups in total. The van der Waals surface area contributed by atoms with Crippen molar-refractivity contribution in [1.29, 1.82) is 0 Å². The van der Waals surface area contributed by atoms with Crippen molar-refractivity contribution >= 4 is 11.9 Å². The molecule has 0 rings (SSSR count). The molecular formula is C15H25NO3. The molecule has 19 heavy (non-hydrogen) atoms. The minimum Gasteiger partial charge on any atom is -0.464 e. The fraction of sp³-hybridized carbons (Fsp3) is 0.600. The number of esters is 1. The average Bonchev–Trinajstić information content (AvgIpc) is 2.28. The molecule has 0 aromatic rings. The standard InChI is InChI=1S/C15H25NO3/c1-7-10-15(11-8-2,13(18)19-9-3)16-12(17)14(4,5)6/h7-8H,1-2,9-11H2,3-6H3,(H,16,17). The molecule has 0 heterocycles. The number of carbonyl (C=O) groups is 2. The van der Waals surface area contributed by atoms with Crippen LogP contribution in [0.2, 0.25) is 0 Å². The van der Waals surface area contributed by atoms with Crippen LogP contribution < -0.4 is 5.32 Å².